The summed E-state index contributed by atoms with van der Waals surface area (Å²) in [5, 5.41) is 21.2. The first-order valence-corrected chi connectivity index (χ1v) is 7.33. The molecule has 2 aromatic heterocycles. The van der Waals surface area contributed by atoms with Crippen LogP contribution in [0.4, 0.5) is 0 Å². The number of nitrogens with zero attached hydrogens (tertiary/aromatic N) is 3. The number of aryl methyl sites for hydroxylation is 1. The molecule has 21 heavy (non-hydrogen) atoms. The SMILES string of the molecule is CC(NC(=O)c1sccc1C#CCCO)c1nncn1C. The van der Waals surface area contributed by atoms with Gasteiger partial charge in [-0.1, -0.05) is 11.8 Å². The Bertz CT molecular complexity index is 680. The van der Waals surface area contributed by atoms with Crippen molar-refractivity contribution in [2.45, 2.75) is 19.4 Å². The van der Waals surface area contributed by atoms with Crippen LogP contribution >= 0.6 is 11.3 Å². The molecule has 0 aromatic carbocycles. The molecular formula is C14H16N4O2S. The lowest BCUT2D eigenvalue weighted by Crippen LogP contribution is -2.28. The van der Waals surface area contributed by atoms with Crippen LogP contribution < -0.4 is 5.32 Å². The van der Waals surface area contributed by atoms with Crippen molar-refractivity contribution in [3.05, 3.63) is 34.0 Å². The van der Waals surface area contributed by atoms with Crippen molar-refractivity contribution < 1.29 is 9.90 Å². The maximum Gasteiger partial charge on any atom is 0.263 e. The highest BCUT2D eigenvalue weighted by molar-refractivity contribution is 7.12. The molecule has 6 nitrogen and oxygen atoms in total. The predicted octanol–water partition coefficient (Wildman–Crippen LogP) is 1.10. The molecule has 1 atom stereocenters. The second-order valence-corrected chi connectivity index (χ2v) is 5.35. The van der Waals surface area contributed by atoms with Gasteiger partial charge in [-0.25, -0.2) is 0 Å². The van der Waals surface area contributed by atoms with Gasteiger partial charge in [-0.15, -0.1) is 21.5 Å². The lowest BCUT2D eigenvalue weighted by Gasteiger charge is -2.12. The number of thiophene rings is 1. The third-order valence-corrected chi connectivity index (χ3v) is 3.73. The monoisotopic (exact) mass is 304 g/mol. The summed E-state index contributed by atoms with van der Waals surface area (Å²) in [6.07, 6.45) is 1.99. The normalized spacial score (nSPS) is 11.6. The second kappa shape index (κ2) is 7.02. The Morgan fingerprint density at radius 2 is 2.43 bits per heavy atom. The smallest absolute Gasteiger partial charge is 0.263 e. The molecule has 2 heterocycles. The highest BCUT2D eigenvalue weighted by Gasteiger charge is 2.18. The van der Waals surface area contributed by atoms with Crippen LogP contribution in [-0.2, 0) is 7.05 Å². The van der Waals surface area contributed by atoms with Gasteiger partial charge in [0.05, 0.1) is 12.6 Å². The Morgan fingerprint density at radius 3 is 3.10 bits per heavy atom. The first-order chi connectivity index (χ1) is 10.1. The van der Waals surface area contributed by atoms with Gasteiger partial charge in [0.2, 0.25) is 0 Å². The van der Waals surface area contributed by atoms with E-state index in [0.29, 0.717) is 22.7 Å². The summed E-state index contributed by atoms with van der Waals surface area (Å²) in [6, 6.07) is 1.56. The minimum Gasteiger partial charge on any atom is -0.395 e. The number of aliphatic hydroxyl groups is 1. The van der Waals surface area contributed by atoms with Crippen LogP contribution in [0.1, 0.15) is 40.4 Å². The number of aromatic nitrogens is 3. The molecule has 0 fully saturated rings. The minimum atomic E-state index is -0.245. The van der Waals surface area contributed by atoms with Crippen molar-refractivity contribution in [1.82, 2.24) is 20.1 Å². The highest BCUT2D eigenvalue weighted by atomic mass is 32.1. The Hall–Kier alpha value is -2.17. The summed E-state index contributed by atoms with van der Waals surface area (Å²) < 4.78 is 1.77. The lowest BCUT2D eigenvalue weighted by atomic mass is 10.2. The fourth-order valence-electron chi connectivity index (χ4n) is 1.81. The molecule has 110 valence electrons. The summed E-state index contributed by atoms with van der Waals surface area (Å²) in [4.78, 5) is 12.9. The number of hydrogen-bond acceptors (Lipinski definition) is 5. The number of hydrogen-bond donors (Lipinski definition) is 2. The van der Waals surface area contributed by atoms with Crippen LogP contribution in [-0.4, -0.2) is 32.4 Å². The van der Waals surface area contributed by atoms with Gasteiger partial charge in [0, 0.05) is 19.0 Å². The number of carbonyl (C=O) groups excluding carboxylic acids is 1. The van der Waals surface area contributed by atoms with E-state index in [-0.39, 0.29) is 18.6 Å². The first kappa shape index (κ1) is 15.2. The molecule has 0 saturated carbocycles. The van der Waals surface area contributed by atoms with Gasteiger partial charge in [-0.05, 0) is 18.4 Å². The van der Waals surface area contributed by atoms with Gasteiger partial charge >= 0.3 is 0 Å². The molecule has 0 aliphatic carbocycles. The Morgan fingerprint density at radius 1 is 1.62 bits per heavy atom. The number of carbonyl (C=O) groups is 1. The number of aliphatic hydroxyl groups excluding tert-OH is 1. The molecule has 2 N–H and O–H groups in total. The largest absolute Gasteiger partial charge is 0.395 e. The van der Waals surface area contributed by atoms with Crippen molar-refractivity contribution >= 4 is 17.2 Å². The molecule has 1 unspecified atom stereocenters. The Kier molecular flexibility index (Phi) is 5.09. The third kappa shape index (κ3) is 3.68. The Balaban J connectivity index is 2.10. The van der Waals surface area contributed by atoms with E-state index < -0.39 is 0 Å². The zero-order valence-electron chi connectivity index (χ0n) is 11.8. The average molecular weight is 304 g/mol. The molecule has 0 spiro atoms. The van der Waals surface area contributed by atoms with Gasteiger partial charge < -0.3 is 15.0 Å². The molecule has 2 aromatic rings. The van der Waals surface area contributed by atoms with Crippen LogP contribution in [0.3, 0.4) is 0 Å². The number of rotatable bonds is 4. The topological polar surface area (TPSA) is 80.0 Å². The van der Waals surface area contributed by atoms with Gasteiger partial charge in [0.25, 0.3) is 5.91 Å². The van der Waals surface area contributed by atoms with E-state index in [4.69, 9.17) is 5.11 Å². The van der Waals surface area contributed by atoms with E-state index in [0.717, 1.165) is 0 Å². The van der Waals surface area contributed by atoms with Gasteiger partial charge in [-0.3, -0.25) is 4.79 Å². The van der Waals surface area contributed by atoms with E-state index in [9.17, 15) is 4.79 Å². The summed E-state index contributed by atoms with van der Waals surface area (Å²) >= 11 is 1.34. The fourth-order valence-corrected chi connectivity index (χ4v) is 2.56. The maximum absolute atomic E-state index is 12.3. The molecule has 2 rings (SSSR count). The second-order valence-electron chi connectivity index (χ2n) is 4.43. The van der Waals surface area contributed by atoms with E-state index in [1.165, 1.54) is 11.3 Å². The fraction of sp³-hybridized carbons (Fsp3) is 0.357. The van der Waals surface area contributed by atoms with E-state index in [2.05, 4.69) is 27.4 Å². The van der Waals surface area contributed by atoms with Crippen LogP contribution in [0, 0.1) is 11.8 Å². The van der Waals surface area contributed by atoms with E-state index in [1.54, 1.807) is 17.0 Å². The van der Waals surface area contributed by atoms with E-state index in [1.807, 2.05) is 19.4 Å². The van der Waals surface area contributed by atoms with Crippen molar-refractivity contribution in [3.8, 4) is 11.8 Å². The van der Waals surface area contributed by atoms with Crippen LogP contribution in [0.2, 0.25) is 0 Å². The van der Waals surface area contributed by atoms with Gasteiger partial charge in [0.1, 0.15) is 11.2 Å². The summed E-state index contributed by atoms with van der Waals surface area (Å²) in [7, 11) is 1.83. The van der Waals surface area contributed by atoms with Gasteiger partial charge in [-0.2, -0.15) is 0 Å². The first-order valence-electron chi connectivity index (χ1n) is 6.45. The molecule has 0 saturated heterocycles. The number of nitrogens with one attached hydrogen (secondary N) is 1. The summed E-state index contributed by atoms with van der Waals surface area (Å²) in [5.74, 6) is 6.23. The zero-order valence-corrected chi connectivity index (χ0v) is 12.6. The van der Waals surface area contributed by atoms with Crippen LogP contribution in [0.15, 0.2) is 17.8 Å². The van der Waals surface area contributed by atoms with Crippen molar-refractivity contribution in [3.63, 3.8) is 0 Å². The maximum atomic E-state index is 12.3. The standard InChI is InChI=1S/C14H16N4O2S/c1-10(13-17-15-9-18(13)2)16-14(20)12-11(6-8-21-12)5-3-4-7-19/h6,8-10,19H,4,7H2,1-2H3,(H,16,20). The summed E-state index contributed by atoms with van der Waals surface area (Å²) in [6.45, 7) is 1.87. The third-order valence-electron chi connectivity index (χ3n) is 2.81. The molecule has 7 heteroatoms. The lowest BCUT2D eigenvalue weighted by molar-refractivity contribution is 0.0941. The zero-order chi connectivity index (χ0) is 15.2. The molecule has 1 amide bonds. The Labute approximate surface area is 126 Å². The molecule has 0 aliphatic rings. The van der Waals surface area contributed by atoms with Crippen molar-refractivity contribution in [2.24, 2.45) is 7.05 Å². The van der Waals surface area contributed by atoms with Crippen molar-refractivity contribution in [2.75, 3.05) is 6.61 Å². The quantitative estimate of drug-likeness (QED) is 0.829. The van der Waals surface area contributed by atoms with Crippen LogP contribution in [0.25, 0.3) is 0 Å². The minimum absolute atomic E-state index is 0.0157. The molecular weight excluding hydrogens is 288 g/mol. The molecule has 0 bridgehead atoms. The number of amides is 1. The summed E-state index contributed by atoms with van der Waals surface area (Å²) in [5.41, 5.74) is 0.677. The van der Waals surface area contributed by atoms with E-state index >= 15 is 0 Å². The van der Waals surface area contributed by atoms with Gasteiger partial charge in [0.15, 0.2) is 5.82 Å². The average Bonchev–Trinajstić information content (AvgIpc) is 3.07. The van der Waals surface area contributed by atoms with Crippen molar-refractivity contribution in [1.29, 1.82) is 0 Å². The molecule has 0 aliphatic heterocycles. The highest BCUT2D eigenvalue weighted by Crippen LogP contribution is 2.17. The van der Waals surface area contributed by atoms with Crippen LogP contribution in [0.5, 0.6) is 0 Å². The molecule has 0 radical (unpaired) electrons. The predicted molar refractivity (Wildman–Crippen MR) is 79.8 cm³/mol.